The Morgan fingerprint density at radius 3 is 2.82 bits per heavy atom. The average molecular weight is 378 g/mol. The first kappa shape index (κ1) is 19.4. The summed E-state index contributed by atoms with van der Waals surface area (Å²) in [4.78, 5) is 14.2. The Labute approximate surface area is 164 Å². The third-order valence-corrected chi connectivity index (χ3v) is 4.59. The minimum Gasteiger partial charge on any atom is -0.377 e. The Bertz CT molecular complexity index is 886. The smallest absolute Gasteiger partial charge is 0.319 e. The normalized spacial score (nSPS) is 13.0. The van der Waals surface area contributed by atoms with E-state index in [4.69, 9.17) is 5.26 Å². The van der Waals surface area contributed by atoms with Crippen LogP contribution < -0.4 is 10.6 Å². The summed E-state index contributed by atoms with van der Waals surface area (Å²) in [7, 11) is 0. The van der Waals surface area contributed by atoms with E-state index in [9.17, 15) is 9.18 Å². The van der Waals surface area contributed by atoms with Crippen LogP contribution in [0.4, 0.5) is 14.9 Å². The lowest BCUT2D eigenvalue weighted by molar-refractivity contribution is 0.251. The molecule has 1 aliphatic heterocycles. The zero-order valence-electron chi connectivity index (χ0n) is 15.6. The molecule has 28 heavy (non-hydrogen) atoms. The number of rotatable bonds is 7. The Balaban J connectivity index is 1.36. The van der Waals surface area contributed by atoms with E-state index in [1.165, 1.54) is 17.7 Å². The molecule has 0 saturated carbocycles. The molecule has 2 N–H and O–H groups in total. The highest BCUT2D eigenvalue weighted by Gasteiger charge is 2.12. The summed E-state index contributed by atoms with van der Waals surface area (Å²) in [6.45, 7) is 2.42. The lowest BCUT2D eigenvalue weighted by atomic mass is 10.1. The Kier molecular flexibility index (Phi) is 6.64. The maximum Gasteiger partial charge on any atom is 0.319 e. The Morgan fingerprint density at radius 1 is 1.21 bits per heavy atom. The quantitative estimate of drug-likeness (QED) is 0.715. The summed E-state index contributed by atoms with van der Waals surface area (Å²) in [5, 5.41) is 14.4. The molecule has 0 radical (unpaired) electrons. The molecular formula is C22H23FN4O. The van der Waals surface area contributed by atoms with E-state index in [1.807, 2.05) is 18.2 Å². The second-order valence-electron chi connectivity index (χ2n) is 6.80. The van der Waals surface area contributed by atoms with Crippen LogP contribution in [-0.4, -0.2) is 30.6 Å². The molecule has 3 rings (SSSR count). The van der Waals surface area contributed by atoms with E-state index in [-0.39, 0.29) is 11.8 Å². The zero-order valence-corrected chi connectivity index (χ0v) is 15.6. The van der Waals surface area contributed by atoms with Gasteiger partial charge in [0.05, 0.1) is 11.6 Å². The van der Waals surface area contributed by atoms with Crippen LogP contribution >= 0.6 is 0 Å². The van der Waals surface area contributed by atoms with Crippen LogP contribution in [0.5, 0.6) is 0 Å². The number of benzene rings is 2. The summed E-state index contributed by atoms with van der Waals surface area (Å²) in [6, 6.07) is 15.2. The largest absolute Gasteiger partial charge is 0.377 e. The maximum atomic E-state index is 13.0. The third kappa shape index (κ3) is 5.85. The molecular weight excluding hydrogens is 355 g/mol. The fraction of sp³-hybridized carbons (Fsp3) is 0.273. The van der Waals surface area contributed by atoms with Gasteiger partial charge >= 0.3 is 6.03 Å². The number of nitriles is 1. The van der Waals surface area contributed by atoms with Gasteiger partial charge in [-0.1, -0.05) is 18.2 Å². The highest BCUT2D eigenvalue weighted by Crippen LogP contribution is 2.19. The molecule has 0 fully saturated rings. The van der Waals surface area contributed by atoms with Crippen molar-refractivity contribution in [3.63, 3.8) is 0 Å². The molecule has 0 aliphatic carbocycles. The first-order valence-corrected chi connectivity index (χ1v) is 9.35. The molecule has 6 heteroatoms. The lowest BCUT2D eigenvalue weighted by Crippen LogP contribution is -2.31. The van der Waals surface area contributed by atoms with E-state index in [0.29, 0.717) is 17.8 Å². The van der Waals surface area contributed by atoms with E-state index in [2.05, 4.69) is 21.7 Å². The molecule has 2 aromatic rings. The molecule has 144 valence electrons. The van der Waals surface area contributed by atoms with E-state index in [1.54, 1.807) is 24.3 Å². The van der Waals surface area contributed by atoms with Gasteiger partial charge < -0.3 is 15.5 Å². The van der Waals surface area contributed by atoms with E-state index >= 15 is 0 Å². The molecule has 0 aromatic heterocycles. The van der Waals surface area contributed by atoms with Crippen molar-refractivity contribution in [1.82, 2.24) is 10.2 Å². The van der Waals surface area contributed by atoms with Crippen molar-refractivity contribution < 1.29 is 9.18 Å². The number of carbonyl (C=O) groups excluding carboxylic acids is 1. The van der Waals surface area contributed by atoms with Gasteiger partial charge in [0, 0.05) is 25.3 Å². The predicted molar refractivity (Wildman–Crippen MR) is 107 cm³/mol. The molecule has 5 nitrogen and oxygen atoms in total. The lowest BCUT2D eigenvalue weighted by Gasteiger charge is -2.15. The fourth-order valence-electron chi connectivity index (χ4n) is 3.18. The van der Waals surface area contributed by atoms with Crippen LogP contribution in [0.2, 0.25) is 0 Å². The van der Waals surface area contributed by atoms with Crippen molar-refractivity contribution in [2.24, 2.45) is 0 Å². The molecule has 1 aliphatic rings. The molecule has 1 heterocycles. The number of nitrogens with zero attached hydrogens (tertiary/aromatic N) is 2. The van der Waals surface area contributed by atoms with Crippen molar-refractivity contribution in [2.45, 2.75) is 19.3 Å². The van der Waals surface area contributed by atoms with Gasteiger partial charge in [0.1, 0.15) is 5.82 Å². The van der Waals surface area contributed by atoms with Gasteiger partial charge in [0.15, 0.2) is 0 Å². The first-order valence-electron chi connectivity index (χ1n) is 9.35. The second kappa shape index (κ2) is 9.56. The summed E-state index contributed by atoms with van der Waals surface area (Å²) in [5.74, 6) is -0.208. The van der Waals surface area contributed by atoms with Crippen molar-refractivity contribution in [3.8, 4) is 6.07 Å². The maximum absolute atomic E-state index is 13.0. The molecule has 0 saturated heterocycles. The summed E-state index contributed by atoms with van der Waals surface area (Å²) in [5.41, 5.74) is 3.57. The third-order valence-electron chi connectivity index (χ3n) is 4.59. The monoisotopic (exact) mass is 378 g/mol. The first-order chi connectivity index (χ1) is 13.6. The molecule has 0 unspecified atom stereocenters. The summed E-state index contributed by atoms with van der Waals surface area (Å²) in [6.07, 6.45) is 4.88. The van der Waals surface area contributed by atoms with Gasteiger partial charge in [-0.05, 0) is 66.9 Å². The van der Waals surface area contributed by atoms with Gasteiger partial charge in [0.2, 0.25) is 0 Å². The number of carbonyl (C=O) groups is 1. The van der Waals surface area contributed by atoms with Crippen LogP contribution in [-0.2, 0) is 6.42 Å². The van der Waals surface area contributed by atoms with Gasteiger partial charge in [0.25, 0.3) is 0 Å². The molecule has 2 amide bonds. The molecule has 0 atom stereocenters. The van der Waals surface area contributed by atoms with Crippen molar-refractivity contribution in [3.05, 3.63) is 77.2 Å². The van der Waals surface area contributed by atoms with E-state index in [0.717, 1.165) is 37.9 Å². The van der Waals surface area contributed by atoms with Crippen LogP contribution in [0.25, 0.3) is 0 Å². The number of nitrogens with one attached hydrogen (secondary N) is 2. The average Bonchev–Trinajstić information content (AvgIpc) is 3.14. The predicted octanol–water partition coefficient (Wildman–Crippen LogP) is 4.04. The van der Waals surface area contributed by atoms with Crippen LogP contribution in [0.3, 0.4) is 0 Å². The summed E-state index contributed by atoms with van der Waals surface area (Å²) < 4.78 is 13.0. The zero-order chi connectivity index (χ0) is 19.8. The molecule has 0 bridgehead atoms. The number of urea groups is 1. The van der Waals surface area contributed by atoms with Crippen LogP contribution in [0.15, 0.2) is 60.3 Å². The van der Waals surface area contributed by atoms with Gasteiger partial charge in [-0.15, -0.1) is 0 Å². The highest BCUT2D eigenvalue weighted by molar-refractivity contribution is 5.89. The number of anilines is 1. The molecule has 0 spiro atoms. The van der Waals surface area contributed by atoms with Crippen molar-refractivity contribution in [2.75, 3.05) is 25.0 Å². The standard InChI is InChI=1S/C22H23FN4O/c23-20-7-5-17(6-8-20)13-19-9-12-27(16-19)11-2-10-25-22(28)26-21-4-1-3-18(14-21)15-24/h1,3-8,14,16H,2,9-13H2,(H2,25,26,28). The number of halogens is 1. The number of hydrogen-bond donors (Lipinski definition) is 2. The van der Waals surface area contributed by atoms with E-state index < -0.39 is 0 Å². The minimum atomic E-state index is -0.274. The number of amides is 2. The highest BCUT2D eigenvalue weighted by atomic mass is 19.1. The Hall–Kier alpha value is -3.33. The number of hydrogen-bond acceptors (Lipinski definition) is 3. The van der Waals surface area contributed by atoms with Crippen LogP contribution in [0, 0.1) is 17.1 Å². The van der Waals surface area contributed by atoms with Gasteiger partial charge in [-0.3, -0.25) is 0 Å². The fourth-order valence-corrected chi connectivity index (χ4v) is 3.18. The van der Waals surface area contributed by atoms with Crippen LogP contribution in [0.1, 0.15) is 24.0 Å². The topological polar surface area (TPSA) is 68.2 Å². The van der Waals surface area contributed by atoms with Gasteiger partial charge in [-0.25, -0.2) is 9.18 Å². The summed E-state index contributed by atoms with van der Waals surface area (Å²) >= 11 is 0. The van der Waals surface area contributed by atoms with Crippen molar-refractivity contribution >= 4 is 11.7 Å². The van der Waals surface area contributed by atoms with Gasteiger partial charge in [-0.2, -0.15) is 5.26 Å². The van der Waals surface area contributed by atoms with Crippen molar-refractivity contribution in [1.29, 1.82) is 5.26 Å². The minimum absolute atomic E-state index is 0.208. The molecule has 2 aromatic carbocycles. The Morgan fingerprint density at radius 2 is 2.04 bits per heavy atom. The SMILES string of the molecule is N#Cc1cccc(NC(=O)NCCCN2C=C(Cc3ccc(F)cc3)CC2)c1. The second-order valence-corrected chi connectivity index (χ2v) is 6.80.